The molecule has 1 heterocycles. The van der Waals surface area contributed by atoms with E-state index in [0.717, 1.165) is 0 Å². The number of nitrogens with one attached hydrogen (secondary N) is 2. The predicted octanol–water partition coefficient (Wildman–Crippen LogP) is 0.545. The molecule has 0 bridgehead atoms. The molecule has 3 amide bonds. The van der Waals surface area contributed by atoms with Gasteiger partial charge in [0.05, 0.1) is 11.0 Å². The molecule has 0 spiro atoms. The van der Waals surface area contributed by atoms with E-state index in [0.29, 0.717) is 5.56 Å². The van der Waals surface area contributed by atoms with Gasteiger partial charge in [-0.1, -0.05) is 30.3 Å². The normalized spacial score (nSPS) is 22.8. The number of urea groups is 1. The Hall–Kier alpha value is -1.89. The molecular formula is C13H16N2O4S. The van der Waals surface area contributed by atoms with Gasteiger partial charge in [-0.2, -0.15) is 0 Å². The molecule has 1 aromatic carbocycles. The summed E-state index contributed by atoms with van der Waals surface area (Å²) in [5.74, 6) is -1.10. The number of amides is 3. The van der Waals surface area contributed by atoms with E-state index in [9.17, 15) is 18.0 Å². The molecule has 7 heteroatoms. The van der Waals surface area contributed by atoms with Crippen molar-refractivity contribution in [3.8, 4) is 0 Å². The second kappa shape index (κ2) is 4.90. The Labute approximate surface area is 117 Å². The first kappa shape index (κ1) is 14.5. The standard InChI is InChI=1S/C13H16N2O4S/c1-9(2)20(18,19)8-13(10-6-4-3-5-7-10)11(16)14-12(17)15-13/h3-7,9H,8H2,1-2H3,(H2,14,15,16,17). The molecule has 0 aromatic heterocycles. The van der Waals surface area contributed by atoms with Crippen molar-refractivity contribution in [2.24, 2.45) is 0 Å². The Bertz CT molecular complexity index is 640. The fourth-order valence-corrected chi connectivity index (χ4v) is 3.38. The third kappa shape index (κ3) is 2.40. The first-order valence-corrected chi connectivity index (χ1v) is 7.90. The third-order valence-corrected chi connectivity index (χ3v) is 5.62. The highest BCUT2D eigenvalue weighted by Crippen LogP contribution is 2.28. The SMILES string of the molecule is CC(C)S(=O)(=O)CC1(c2ccccc2)NC(=O)NC1=O. The summed E-state index contributed by atoms with van der Waals surface area (Å²) in [6.07, 6.45) is 0. The number of hydrogen-bond acceptors (Lipinski definition) is 4. The summed E-state index contributed by atoms with van der Waals surface area (Å²) in [6.45, 7) is 3.09. The summed E-state index contributed by atoms with van der Waals surface area (Å²) >= 11 is 0. The van der Waals surface area contributed by atoms with Crippen LogP contribution in [0.1, 0.15) is 19.4 Å². The van der Waals surface area contributed by atoms with Gasteiger partial charge in [-0.3, -0.25) is 10.1 Å². The van der Waals surface area contributed by atoms with Crippen LogP contribution in [0, 0.1) is 0 Å². The highest BCUT2D eigenvalue weighted by Gasteiger charge is 2.50. The lowest BCUT2D eigenvalue weighted by atomic mass is 9.92. The van der Waals surface area contributed by atoms with Crippen molar-refractivity contribution in [3.05, 3.63) is 35.9 Å². The Kier molecular flexibility index (Phi) is 3.56. The van der Waals surface area contributed by atoms with Gasteiger partial charge >= 0.3 is 6.03 Å². The largest absolute Gasteiger partial charge is 0.322 e. The molecular weight excluding hydrogens is 280 g/mol. The number of imide groups is 1. The van der Waals surface area contributed by atoms with Crippen LogP contribution in [0.4, 0.5) is 4.79 Å². The summed E-state index contributed by atoms with van der Waals surface area (Å²) in [5, 5.41) is 3.95. The van der Waals surface area contributed by atoms with E-state index in [2.05, 4.69) is 10.6 Å². The average molecular weight is 296 g/mol. The molecule has 2 N–H and O–H groups in total. The summed E-state index contributed by atoms with van der Waals surface area (Å²) < 4.78 is 24.4. The van der Waals surface area contributed by atoms with Crippen molar-refractivity contribution < 1.29 is 18.0 Å². The van der Waals surface area contributed by atoms with E-state index in [1.807, 2.05) is 0 Å². The number of carbonyl (C=O) groups excluding carboxylic acids is 2. The molecule has 1 atom stereocenters. The average Bonchev–Trinajstić information content (AvgIpc) is 2.65. The lowest BCUT2D eigenvalue weighted by Gasteiger charge is -2.27. The minimum Gasteiger partial charge on any atom is -0.319 e. The van der Waals surface area contributed by atoms with Crippen LogP contribution in [-0.4, -0.2) is 31.4 Å². The Morgan fingerprint density at radius 3 is 2.20 bits per heavy atom. The number of rotatable bonds is 4. The monoisotopic (exact) mass is 296 g/mol. The molecule has 1 saturated heterocycles. The maximum Gasteiger partial charge on any atom is 0.322 e. The van der Waals surface area contributed by atoms with Crippen LogP contribution in [-0.2, 0) is 20.2 Å². The number of hydrogen-bond donors (Lipinski definition) is 2. The number of benzene rings is 1. The van der Waals surface area contributed by atoms with E-state index < -0.39 is 38.3 Å². The first-order valence-electron chi connectivity index (χ1n) is 6.18. The zero-order valence-electron chi connectivity index (χ0n) is 11.2. The van der Waals surface area contributed by atoms with Crippen LogP contribution >= 0.6 is 0 Å². The zero-order chi connectivity index (χ0) is 15.0. The van der Waals surface area contributed by atoms with Gasteiger partial charge in [0.15, 0.2) is 15.4 Å². The van der Waals surface area contributed by atoms with Crippen LogP contribution in [0.5, 0.6) is 0 Å². The van der Waals surface area contributed by atoms with Crippen LogP contribution < -0.4 is 10.6 Å². The molecule has 20 heavy (non-hydrogen) atoms. The highest BCUT2D eigenvalue weighted by atomic mass is 32.2. The highest BCUT2D eigenvalue weighted by molar-refractivity contribution is 7.92. The second-order valence-electron chi connectivity index (χ2n) is 5.04. The smallest absolute Gasteiger partial charge is 0.319 e. The Morgan fingerprint density at radius 1 is 1.15 bits per heavy atom. The lowest BCUT2D eigenvalue weighted by molar-refractivity contribution is -0.123. The van der Waals surface area contributed by atoms with Crippen molar-refractivity contribution in [2.45, 2.75) is 24.6 Å². The van der Waals surface area contributed by atoms with Crippen molar-refractivity contribution in [2.75, 3.05) is 5.75 Å². The van der Waals surface area contributed by atoms with Gasteiger partial charge in [0, 0.05) is 0 Å². The molecule has 1 unspecified atom stereocenters. The molecule has 1 aliphatic heterocycles. The quantitative estimate of drug-likeness (QED) is 0.793. The van der Waals surface area contributed by atoms with Gasteiger partial charge < -0.3 is 5.32 Å². The van der Waals surface area contributed by atoms with Gasteiger partial charge in [-0.25, -0.2) is 13.2 Å². The molecule has 6 nitrogen and oxygen atoms in total. The van der Waals surface area contributed by atoms with E-state index in [4.69, 9.17) is 0 Å². The summed E-state index contributed by atoms with van der Waals surface area (Å²) in [4.78, 5) is 23.6. The van der Waals surface area contributed by atoms with Crippen molar-refractivity contribution in [3.63, 3.8) is 0 Å². The lowest BCUT2D eigenvalue weighted by Crippen LogP contribution is -2.50. The van der Waals surface area contributed by atoms with E-state index >= 15 is 0 Å². The van der Waals surface area contributed by atoms with E-state index in [-0.39, 0.29) is 0 Å². The molecule has 108 valence electrons. The minimum atomic E-state index is -3.52. The number of carbonyl (C=O) groups is 2. The maximum atomic E-state index is 12.2. The maximum absolute atomic E-state index is 12.2. The van der Waals surface area contributed by atoms with Gasteiger partial charge in [-0.05, 0) is 19.4 Å². The zero-order valence-corrected chi connectivity index (χ0v) is 12.0. The second-order valence-corrected chi connectivity index (χ2v) is 7.59. The molecule has 0 aliphatic carbocycles. The van der Waals surface area contributed by atoms with Crippen LogP contribution in [0.3, 0.4) is 0 Å². The third-order valence-electron chi connectivity index (χ3n) is 3.34. The number of sulfone groups is 1. The molecule has 0 radical (unpaired) electrons. The summed E-state index contributed by atoms with van der Waals surface area (Å²) in [5.41, 5.74) is -1.10. The molecule has 0 saturated carbocycles. The van der Waals surface area contributed by atoms with Crippen molar-refractivity contribution in [1.82, 2.24) is 10.6 Å². The predicted molar refractivity (Wildman–Crippen MR) is 73.7 cm³/mol. The first-order chi connectivity index (χ1) is 9.28. The van der Waals surface area contributed by atoms with Crippen LogP contribution in [0.2, 0.25) is 0 Å². The Balaban J connectivity index is 2.52. The van der Waals surface area contributed by atoms with Gasteiger partial charge in [0.2, 0.25) is 0 Å². The molecule has 1 fully saturated rings. The summed E-state index contributed by atoms with van der Waals surface area (Å²) in [6, 6.07) is 7.70. The fourth-order valence-electron chi connectivity index (χ4n) is 2.07. The van der Waals surface area contributed by atoms with Gasteiger partial charge in [-0.15, -0.1) is 0 Å². The van der Waals surface area contributed by atoms with Crippen molar-refractivity contribution >= 4 is 21.8 Å². The fraction of sp³-hybridized carbons (Fsp3) is 0.385. The van der Waals surface area contributed by atoms with Crippen molar-refractivity contribution in [1.29, 1.82) is 0 Å². The topological polar surface area (TPSA) is 92.3 Å². The van der Waals surface area contributed by atoms with Gasteiger partial charge in [0.1, 0.15) is 0 Å². The summed E-state index contributed by atoms with van der Waals surface area (Å²) in [7, 11) is -3.52. The molecule has 2 rings (SSSR count). The molecule has 1 aromatic rings. The van der Waals surface area contributed by atoms with E-state index in [1.54, 1.807) is 44.2 Å². The van der Waals surface area contributed by atoms with E-state index in [1.165, 1.54) is 0 Å². The van der Waals surface area contributed by atoms with Crippen LogP contribution in [0.25, 0.3) is 0 Å². The van der Waals surface area contributed by atoms with Crippen LogP contribution in [0.15, 0.2) is 30.3 Å². The molecule has 1 aliphatic rings. The minimum absolute atomic E-state index is 0.451. The Morgan fingerprint density at radius 2 is 1.75 bits per heavy atom. The van der Waals surface area contributed by atoms with Gasteiger partial charge in [0.25, 0.3) is 5.91 Å².